The van der Waals surface area contributed by atoms with Crippen LogP contribution in [0.25, 0.3) is 28.0 Å². The topological polar surface area (TPSA) is 85.5 Å². The molecule has 0 spiro atoms. The first-order valence-electron chi connectivity index (χ1n) is 17.2. The first-order valence-corrected chi connectivity index (χ1v) is 17.2. The zero-order chi connectivity index (χ0) is 35.2. The summed E-state index contributed by atoms with van der Waals surface area (Å²) < 4.78 is 50.2. The fourth-order valence-electron chi connectivity index (χ4n) is 7.00. The molecule has 4 aromatic rings. The van der Waals surface area contributed by atoms with E-state index in [0.29, 0.717) is 47.7 Å². The SMILES string of the molecule is Cc1c([C@H](OC(C)(C)C)C(=O)O)c2n3cc(nc3c1C)-c1cccc(c1)-c1cc(F)c(F)cc1O[C@H](C)CCCCOC1(C)CCN2CC1. The van der Waals surface area contributed by atoms with Crippen molar-refractivity contribution in [1.82, 2.24) is 9.38 Å². The van der Waals surface area contributed by atoms with E-state index in [0.717, 1.165) is 60.7 Å². The van der Waals surface area contributed by atoms with Gasteiger partial charge < -0.3 is 24.2 Å². The van der Waals surface area contributed by atoms with Crippen LogP contribution in [-0.4, -0.2) is 57.5 Å². The normalized spacial score (nSPS) is 21.0. The smallest absolute Gasteiger partial charge is 0.337 e. The third-order valence-corrected chi connectivity index (χ3v) is 9.83. The van der Waals surface area contributed by atoms with E-state index in [4.69, 9.17) is 19.2 Å². The number of carboxylic acid groups (broad SMARTS) is 1. The van der Waals surface area contributed by atoms with Crippen molar-refractivity contribution in [1.29, 1.82) is 0 Å². The number of ether oxygens (including phenoxy) is 3. The molecule has 262 valence electrons. The molecule has 0 saturated carbocycles. The maximum absolute atomic E-state index is 14.7. The van der Waals surface area contributed by atoms with Gasteiger partial charge in [0, 0.05) is 48.6 Å². The summed E-state index contributed by atoms with van der Waals surface area (Å²) in [4.78, 5) is 20.3. The van der Waals surface area contributed by atoms with Gasteiger partial charge in [0.1, 0.15) is 17.2 Å². The van der Waals surface area contributed by atoms with Crippen LogP contribution < -0.4 is 9.64 Å². The number of carboxylic acids is 1. The fourth-order valence-corrected chi connectivity index (χ4v) is 7.00. The molecule has 0 unspecified atom stereocenters. The number of hydrogen-bond acceptors (Lipinski definition) is 6. The molecule has 2 aromatic heterocycles. The largest absolute Gasteiger partial charge is 0.490 e. The monoisotopic (exact) mass is 675 g/mol. The van der Waals surface area contributed by atoms with Crippen LogP contribution in [0.2, 0.25) is 0 Å². The van der Waals surface area contributed by atoms with Gasteiger partial charge in [0.2, 0.25) is 0 Å². The van der Waals surface area contributed by atoms with Crippen molar-refractivity contribution in [3.63, 3.8) is 0 Å². The van der Waals surface area contributed by atoms with Crippen molar-refractivity contribution in [3.8, 4) is 28.1 Å². The van der Waals surface area contributed by atoms with Crippen LogP contribution in [0.4, 0.5) is 14.6 Å². The molecule has 2 aromatic carbocycles. The number of pyridine rings is 1. The van der Waals surface area contributed by atoms with Crippen molar-refractivity contribution in [2.45, 2.75) is 104 Å². The summed E-state index contributed by atoms with van der Waals surface area (Å²) in [5.41, 5.74) is 4.46. The lowest BCUT2D eigenvalue weighted by Gasteiger charge is -2.42. The lowest BCUT2D eigenvalue weighted by atomic mass is 9.92. The molecule has 1 fully saturated rings. The second kappa shape index (κ2) is 13.4. The van der Waals surface area contributed by atoms with E-state index in [1.165, 1.54) is 6.07 Å². The van der Waals surface area contributed by atoms with E-state index < -0.39 is 29.3 Å². The molecule has 0 aliphatic carbocycles. The number of anilines is 1. The van der Waals surface area contributed by atoms with Crippen LogP contribution in [0.1, 0.15) is 89.5 Å². The van der Waals surface area contributed by atoms with Gasteiger partial charge in [0.15, 0.2) is 17.7 Å². The highest BCUT2D eigenvalue weighted by atomic mass is 19.2. The third-order valence-electron chi connectivity index (χ3n) is 9.83. The van der Waals surface area contributed by atoms with Crippen molar-refractivity contribution in [2.75, 3.05) is 24.6 Å². The number of hydrogen-bond donors (Lipinski definition) is 1. The Bertz CT molecular complexity index is 1870. The van der Waals surface area contributed by atoms with Gasteiger partial charge >= 0.3 is 5.97 Å². The number of nitrogens with zero attached hydrogens (tertiary/aromatic N) is 3. The Morgan fingerprint density at radius 3 is 2.45 bits per heavy atom. The third kappa shape index (κ3) is 7.17. The maximum atomic E-state index is 14.7. The van der Waals surface area contributed by atoms with Gasteiger partial charge in [-0.25, -0.2) is 18.6 Å². The first kappa shape index (κ1) is 34.8. The zero-order valence-corrected chi connectivity index (χ0v) is 29.5. The van der Waals surface area contributed by atoms with Crippen LogP contribution in [-0.2, 0) is 14.3 Å². The Labute approximate surface area is 287 Å². The van der Waals surface area contributed by atoms with E-state index in [9.17, 15) is 18.7 Å². The lowest BCUT2D eigenvalue weighted by Crippen LogP contribution is -2.45. The van der Waals surface area contributed by atoms with E-state index >= 15 is 0 Å². The van der Waals surface area contributed by atoms with Gasteiger partial charge in [-0.1, -0.05) is 18.2 Å². The molecule has 1 saturated heterocycles. The molecule has 8 nitrogen and oxygen atoms in total. The molecule has 0 radical (unpaired) electrons. The number of aromatic nitrogens is 2. The van der Waals surface area contributed by atoms with Crippen molar-refractivity contribution in [2.24, 2.45) is 0 Å². The van der Waals surface area contributed by atoms with Crippen LogP contribution in [0.15, 0.2) is 42.6 Å². The summed E-state index contributed by atoms with van der Waals surface area (Å²) in [5.74, 6) is -1.96. The lowest BCUT2D eigenvalue weighted by molar-refractivity contribution is -0.160. The molecule has 10 heteroatoms. The predicted molar refractivity (Wildman–Crippen MR) is 186 cm³/mol. The Morgan fingerprint density at radius 1 is 1.06 bits per heavy atom. The number of halogens is 2. The number of imidazole rings is 1. The highest BCUT2D eigenvalue weighted by Gasteiger charge is 2.38. The van der Waals surface area contributed by atoms with Crippen molar-refractivity contribution < 1.29 is 32.9 Å². The van der Waals surface area contributed by atoms with Crippen molar-refractivity contribution in [3.05, 3.63) is 70.9 Å². The highest BCUT2D eigenvalue weighted by Crippen LogP contribution is 2.42. The van der Waals surface area contributed by atoms with Gasteiger partial charge in [0.25, 0.3) is 0 Å². The average Bonchev–Trinajstić information content (AvgIpc) is 3.48. The fraction of sp³-hybridized carbons (Fsp3) is 0.487. The quantitative estimate of drug-likeness (QED) is 0.232. The maximum Gasteiger partial charge on any atom is 0.337 e. The number of piperidine rings is 1. The van der Waals surface area contributed by atoms with Gasteiger partial charge in [-0.2, -0.15) is 0 Å². The summed E-state index contributed by atoms with van der Waals surface area (Å²) >= 11 is 0. The molecule has 49 heavy (non-hydrogen) atoms. The van der Waals surface area contributed by atoms with Crippen LogP contribution in [0, 0.1) is 25.5 Å². The molecule has 2 atom stereocenters. The van der Waals surface area contributed by atoms with Gasteiger partial charge in [0.05, 0.1) is 23.0 Å². The van der Waals surface area contributed by atoms with E-state index in [1.54, 1.807) is 0 Å². The molecule has 3 aliphatic heterocycles. The summed E-state index contributed by atoms with van der Waals surface area (Å²) in [5, 5.41) is 10.6. The second-order valence-electron chi connectivity index (χ2n) is 14.8. The van der Waals surface area contributed by atoms with Gasteiger partial charge in [-0.3, -0.25) is 4.40 Å². The minimum atomic E-state index is -1.21. The summed E-state index contributed by atoms with van der Waals surface area (Å²) in [6.07, 6.45) is 4.46. The molecule has 6 bridgehead atoms. The number of aryl methyl sites for hydroxylation is 1. The zero-order valence-electron chi connectivity index (χ0n) is 29.5. The van der Waals surface area contributed by atoms with E-state index in [2.05, 4.69) is 11.8 Å². The second-order valence-corrected chi connectivity index (χ2v) is 14.8. The molecule has 3 aliphatic rings. The number of carbonyl (C=O) groups is 1. The van der Waals surface area contributed by atoms with Crippen LogP contribution in [0.3, 0.4) is 0 Å². The predicted octanol–water partition coefficient (Wildman–Crippen LogP) is 8.83. The van der Waals surface area contributed by atoms with E-state index in [-0.39, 0.29) is 17.5 Å². The minimum Gasteiger partial charge on any atom is -0.490 e. The molecule has 0 amide bonds. The Hall–Kier alpha value is -4.02. The van der Waals surface area contributed by atoms with E-state index in [1.807, 2.05) is 76.4 Å². The van der Waals surface area contributed by atoms with Gasteiger partial charge in [-0.05, 0) is 109 Å². The highest BCUT2D eigenvalue weighted by molar-refractivity contribution is 5.81. The summed E-state index contributed by atoms with van der Waals surface area (Å²) in [7, 11) is 0. The Morgan fingerprint density at radius 2 is 1.76 bits per heavy atom. The first-order chi connectivity index (χ1) is 23.1. The molecular formula is C39H47F2N3O5. The Kier molecular flexibility index (Phi) is 9.50. The standard InChI is InChI=1S/C39H47F2N3O5/c1-23-11-8-9-18-47-39(7)14-16-43(17-15-39)36-33(34(37(45)46)49-38(4,5)6)24(2)25(3)35-42-31(22-44(35)36)27-13-10-12-26(19-27)28-20-29(40)30(41)21-32(28)48-23/h10,12-13,19-23,34H,8-9,11,14-18H2,1-7H3,(H,45,46)/t23-,34+/m1/s1. The molecule has 5 heterocycles. The average molecular weight is 676 g/mol. The summed E-state index contributed by atoms with van der Waals surface area (Å²) in [6, 6.07) is 9.84. The Balaban J connectivity index is 1.57. The number of benzene rings is 2. The van der Waals surface area contributed by atoms with Crippen LogP contribution in [0.5, 0.6) is 5.75 Å². The summed E-state index contributed by atoms with van der Waals surface area (Å²) in [6.45, 7) is 15.5. The molecular weight excluding hydrogens is 628 g/mol. The molecule has 7 rings (SSSR count). The number of fused-ring (bicyclic) bond motifs is 8. The van der Waals surface area contributed by atoms with Gasteiger partial charge in [-0.15, -0.1) is 0 Å². The van der Waals surface area contributed by atoms with Crippen LogP contribution >= 0.6 is 0 Å². The number of aliphatic carboxylic acids is 1. The molecule has 1 N–H and O–H groups in total. The van der Waals surface area contributed by atoms with Crippen molar-refractivity contribution >= 4 is 17.4 Å². The number of rotatable bonds is 3. The minimum absolute atomic E-state index is 0.217.